The molecule has 0 radical (unpaired) electrons. The highest BCUT2D eigenvalue weighted by Crippen LogP contribution is 2.29. The molecule has 0 heterocycles. The van der Waals surface area contributed by atoms with Gasteiger partial charge in [0.1, 0.15) is 0 Å². The first-order valence-corrected chi connectivity index (χ1v) is 6.73. The molecule has 0 unspecified atom stereocenters. The van der Waals surface area contributed by atoms with Gasteiger partial charge in [-0.15, -0.1) is 0 Å². The standard InChI is InChI=1S/C18H12F3N/c19-18(20,21)15-10-8-13(9-11-15)12-22-17-7-3-5-14-4-1-2-6-16(14)17/h1-12H. The number of hydrogen-bond donors (Lipinski definition) is 0. The summed E-state index contributed by atoms with van der Waals surface area (Å²) in [6.45, 7) is 0. The van der Waals surface area contributed by atoms with Crippen molar-refractivity contribution in [3.05, 3.63) is 77.9 Å². The molecule has 0 saturated heterocycles. The molecule has 4 heteroatoms. The Morgan fingerprint density at radius 2 is 1.45 bits per heavy atom. The van der Waals surface area contributed by atoms with E-state index in [-0.39, 0.29) is 0 Å². The molecule has 0 bridgehead atoms. The van der Waals surface area contributed by atoms with E-state index in [2.05, 4.69) is 4.99 Å². The largest absolute Gasteiger partial charge is 0.416 e. The molecular formula is C18H12F3N. The number of hydrogen-bond acceptors (Lipinski definition) is 1. The summed E-state index contributed by atoms with van der Waals surface area (Å²) < 4.78 is 37.5. The van der Waals surface area contributed by atoms with Crippen LogP contribution in [0.25, 0.3) is 10.8 Å². The summed E-state index contributed by atoms with van der Waals surface area (Å²) in [4.78, 5) is 4.39. The van der Waals surface area contributed by atoms with E-state index in [1.54, 1.807) is 6.21 Å². The fourth-order valence-corrected chi connectivity index (χ4v) is 2.22. The van der Waals surface area contributed by atoms with E-state index in [0.717, 1.165) is 28.6 Å². The van der Waals surface area contributed by atoms with Crippen molar-refractivity contribution in [3.63, 3.8) is 0 Å². The third-order valence-electron chi connectivity index (χ3n) is 3.36. The van der Waals surface area contributed by atoms with Crippen molar-refractivity contribution >= 4 is 22.7 Å². The minimum absolute atomic E-state index is 0.626. The van der Waals surface area contributed by atoms with Crippen molar-refractivity contribution in [2.45, 2.75) is 6.18 Å². The molecule has 3 rings (SSSR count). The van der Waals surface area contributed by atoms with Crippen LogP contribution in [-0.4, -0.2) is 6.21 Å². The molecule has 0 saturated carbocycles. The summed E-state index contributed by atoms with van der Waals surface area (Å²) in [7, 11) is 0. The number of rotatable bonds is 2. The summed E-state index contributed by atoms with van der Waals surface area (Å²) in [6, 6.07) is 18.6. The van der Waals surface area contributed by atoms with Gasteiger partial charge >= 0.3 is 6.18 Å². The Hall–Kier alpha value is -2.62. The fourth-order valence-electron chi connectivity index (χ4n) is 2.22. The van der Waals surface area contributed by atoms with Crippen molar-refractivity contribution in [3.8, 4) is 0 Å². The van der Waals surface area contributed by atoms with Gasteiger partial charge in [0, 0.05) is 11.6 Å². The molecule has 0 aliphatic carbocycles. The first-order valence-electron chi connectivity index (χ1n) is 6.73. The molecule has 0 amide bonds. The number of aliphatic imine (C=N–C) groups is 1. The zero-order valence-electron chi connectivity index (χ0n) is 11.5. The van der Waals surface area contributed by atoms with Crippen LogP contribution < -0.4 is 0 Å². The van der Waals surface area contributed by atoms with E-state index in [9.17, 15) is 13.2 Å². The van der Waals surface area contributed by atoms with E-state index in [4.69, 9.17) is 0 Å². The fraction of sp³-hybridized carbons (Fsp3) is 0.0556. The Kier molecular flexibility index (Phi) is 3.67. The summed E-state index contributed by atoms with van der Waals surface area (Å²) in [5.74, 6) is 0. The maximum Gasteiger partial charge on any atom is 0.416 e. The molecular weight excluding hydrogens is 287 g/mol. The van der Waals surface area contributed by atoms with Crippen LogP contribution in [0.15, 0.2) is 71.7 Å². The minimum Gasteiger partial charge on any atom is -0.256 e. The van der Waals surface area contributed by atoms with Gasteiger partial charge in [-0.25, -0.2) is 0 Å². The molecule has 3 aromatic carbocycles. The van der Waals surface area contributed by atoms with Crippen LogP contribution in [0.1, 0.15) is 11.1 Å². The average molecular weight is 299 g/mol. The number of alkyl halides is 3. The Morgan fingerprint density at radius 1 is 0.773 bits per heavy atom. The third-order valence-corrected chi connectivity index (χ3v) is 3.36. The van der Waals surface area contributed by atoms with E-state index in [1.807, 2.05) is 42.5 Å². The van der Waals surface area contributed by atoms with Crippen molar-refractivity contribution < 1.29 is 13.2 Å². The second kappa shape index (κ2) is 5.64. The van der Waals surface area contributed by atoms with Gasteiger partial charge in [-0.1, -0.05) is 48.5 Å². The Morgan fingerprint density at radius 3 is 2.18 bits per heavy atom. The molecule has 0 aliphatic rings. The normalized spacial score (nSPS) is 12.1. The summed E-state index contributed by atoms with van der Waals surface area (Å²) in [5.41, 5.74) is 0.758. The average Bonchev–Trinajstić information content (AvgIpc) is 2.52. The number of halogens is 3. The van der Waals surface area contributed by atoms with Gasteiger partial charge in [0.2, 0.25) is 0 Å². The van der Waals surface area contributed by atoms with Gasteiger partial charge in [0.25, 0.3) is 0 Å². The highest BCUT2D eigenvalue weighted by Gasteiger charge is 2.29. The van der Waals surface area contributed by atoms with Crippen LogP contribution >= 0.6 is 0 Å². The molecule has 3 aromatic rings. The van der Waals surface area contributed by atoms with Gasteiger partial charge in [-0.2, -0.15) is 13.2 Å². The number of benzene rings is 3. The summed E-state index contributed by atoms with van der Waals surface area (Å²) in [5, 5.41) is 2.08. The maximum absolute atomic E-state index is 12.5. The summed E-state index contributed by atoms with van der Waals surface area (Å²) >= 11 is 0. The zero-order chi connectivity index (χ0) is 15.6. The number of fused-ring (bicyclic) bond motifs is 1. The summed E-state index contributed by atoms with van der Waals surface area (Å²) in [6.07, 6.45) is -2.74. The van der Waals surface area contributed by atoms with Crippen LogP contribution in [-0.2, 0) is 6.18 Å². The quantitative estimate of drug-likeness (QED) is 0.545. The smallest absolute Gasteiger partial charge is 0.256 e. The van der Waals surface area contributed by atoms with E-state index >= 15 is 0 Å². The lowest BCUT2D eigenvalue weighted by molar-refractivity contribution is -0.137. The van der Waals surface area contributed by atoms with Crippen LogP contribution in [0.3, 0.4) is 0 Å². The van der Waals surface area contributed by atoms with Crippen molar-refractivity contribution in [1.29, 1.82) is 0 Å². The lowest BCUT2D eigenvalue weighted by Gasteiger charge is -2.06. The van der Waals surface area contributed by atoms with E-state index < -0.39 is 11.7 Å². The van der Waals surface area contributed by atoms with E-state index in [1.165, 1.54) is 12.1 Å². The molecule has 1 nitrogen and oxygen atoms in total. The highest BCUT2D eigenvalue weighted by atomic mass is 19.4. The Labute approximate surface area is 125 Å². The molecule has 0 aliphatic heterocycles. The molecule has 0 aromatic heterocycles. The molecule has 0 atom stereocenters. The van der Waals surface area contributed by atoms with Gasteiger partial charge < -0.3 is 0 Å². The molecule has 0 spiro atoms. The monoisotopic (exact) mass is 299 g/mol. The zero-order valence-corrected chi connectivity index (χ0v) is 11.5. The van der Waals surface area contributed by atoms with Gasteiger partial charge in [0.05, 0.1) is 11.3 Å². The van der Waals surface area contributed by atoms with Crippen molar-refractivity contribution in [2.75, 3.05) is 0 Å². The SMILES string of the molecule is FC(F)(F)c1ccc(C=Nc2cccc3ccccc23)cc1. The minimum atomic E-state index is -4.31. The predicted molar refractivity (Wildman–Crippen MR) is 82.6 cm³/mol. The van der Waals surface area contributed by atoms with Crippen molar-refractivity contribution in [2.24, 2.45) is 4.99 Å². The molecule has 22 heavy (non-hydrogen) atoms. The maximum atomic E-state index is 12.5. The topological polar surface area (TPSA) is 12.4 Å². The molecule has 0 N–H and O–H groups in total. The lowest BCUT2D eigenvalue weighted by Crippen LogP contribution is -2.04. The van der Waals surface area contributed by atoms with Crippen molar-refractivity contribution in [1.82, 2.24) is 0 Å². The Balaban J connectivity index is 1.90. The highest BCUT2D eigenvalue weighted by molar-refractivity contribution is 5.95. The first-order chi connectivity index (χ1) is 10.5. The van der Waals surface area contributed by atoms with Crippen LogP contribution in [0, 0.1) is 0 Å². The molecule has 0 fully saturated rings. The first kappa shape index (κ1) is 14.3. The third kappa shape index (κ3) is 3.01. The lowest BCUT2D eigenvalue weighted by atomic mass is 10.1. The second-order valence-electron chi connectivity index (χ2n) is 4.88. The molecule has 110 valence electrons. The van der Waals surface area contributed by atoms with Crippen LogP contribution in [0.4, 0.5) is 18.9 Å². The second-order valence-corrected chi connectivity index (χ2v) is 4.88. The van der Waals surface area contributed by atoms with Gasteiger partial charge in [-0.3, -0.25) is 4.99 Å². The van der Waals surface area contributed by atoms with Gasteiger partial charge in [0.15, 0.2) is 0 Å². The number of nitrogens with zero attached hydrogens (tertiary/aromatic N) is 1. The van der Waals surface area contributed by atoms with E-state index in [0.29, 0.717) is 5.56 Å². The van der Waals surface area contributed by atoms with Gasteiger partial charge in [-0.05, 0) is 29.1 Å². The Bertz CT molecular complexity index is 812. The predicted octanol–water partition coefficient (Wildman–Crippen LogP) is 5.61. The van der Waals surface area contributed by atoms with Crippen LogP contribution in [0.5, 0.6) is 0 Å². The van der Waals surface area contributed by atoms with Crippen LogP contribution in [0.2, 0.25) is 0 Å².